The zero-order valence-corrected chi connectivity index (χ0v) is 8.20. The average molecular weight is 193 g/mol. The molecule has 0 saturated carbocycles. The monoisotopic (exact) mass is 193 g/mol. The standard InChI is InChI=1S/C11H13O3/c1-7(2)3-4-8-9(12)5-6-10(13)11(8)14/h3,6,12-14H,4H2,1-2H3. The Kier molecular flexibility index (Phi) is 3.02. The molecule has 0 unspecified atom stereocenters. The van der Waals surface area contributed by atoms with Gasteiger partial charge in [0.2, 0.25) is 0 Å². The van der Waals surface area contributed by atoms with Gasteiger partial charge in [-0.3, -0.25) is 0 Å². The maximum Gasteiger partial charge on any atom is 0.164 e. The highest BCUT2D eigenvalue weighted by molar-refractivity contribution is 5.51. The van der Waals surface area contributed by atoms with Gasteiger partial charge in [0, 0.05) is 11.6 Å². The van der Waals surface area contributed by atoms with Crippen LogP contribution in [0.2, 0.25) is 0 Å². The van der Waals surface area contributed by atoms with E-state index in [1.54, 1.807) is 0 Å². The van der Waals surface area contributed by atoms with Gasteiger partial charge in [-0.2, -0.15) is 0 Å². The number of benzene rings is 1. The highest BCUT2D eigenvalue weighted by Gasteiger charge is 2.10. The maximum absolute atomic E-state index is 9.43. The average Bonchev–Trinajstić information content (AvgIpc) is 2.11. The first kappa shape index (κ1) is 10.4. The number of phenolic OH excluding ortho intramolecular Hbond substituents is 3. The second kappa shape index (κ2) is 4.05. The summed E-state index contributed by atoms with van der Waals surface area (Å²) in [6.07, 6.45) is 2.23. The van der Waals surface area contributed by atoms with Gasteiger partial charge in [0.1, 0.15) is 5.75 Å². The van der Waals surface area contributed by atoms with E-state index in [2.05, 4.69) is 6.07 Å². The topological polar surface area (TPSA) is 60.7 Å². The second-order valence-electron chi connectivity index (χ2n) is 3.34. The third-order valence-corrected chi connectivity index (χ3v) is 1.87. The van der Waals surface area contributed by atoms with E-state index in [4.69, 9.17) is 0 Å². The summed E-state index contributed by atoms with van der Waals surface area (Å²) in [6.45, 7) is 3.83. The summed E-state index contributed by atoms with van der Waals surface area (Å²) in [4.78, 5) is 0. The van der Waals surface area contributed by atoms with Gasteiger partial charge in [0.15, 0.2) is 11.5 Å². The summed E-state index contributed by atoms with van der Waals surface area (Å²) in [7, 11) is 0. The summed E-state index contributed by atoms with van der Waals surface area (Å²) < 4.78 is 0. The van der Waals surface area contributed by atoms with Crippen molar-refractivity contribution in [2.45, 2.75) is 20.3 Å². The minimum atomic E-state index is -0.279. The molecule has 3 nitrogen and oxygen atoms in total. The smallest absolute Gasteiger partial charge is 0.164 e. The van der Waals surface area contributed by atoms with Gasteiger partial charge in [-0.25, -0.2) is 0 Å². The maximum atomic E-state index is 9.43. The molecule has 3 N–H and O–H groups in total. The number of rotatable bonds is 2. The molecule has 14 heavy (non-hydrogen) atoms. The molecule has 0 aromatic heterocycles. The van der Waals surface area contributed by atoms with Crippen molar-refractivity contribution < 1.29 is 15.3 Å². The van der Waals surface area contributed by atoms with E-state index in [9.17, 15) is 15.3 Å². The lowest BCUT2D eigenvalue weighted by Gasteiger charge is -2.06. The first-order chi connectivity index (χ1) is 6.52. The van der Waals surface area contributed by atoms with Crippen molar-refractivity contribution in [1.82, 2.24) is 0 Å². The predicted octanol–water partition coefficient (Wildman–Crippen LogP) is 2.11. The van der Waals surface area contributed by atoms with E-state index in [-0.39, 0.29) is 17.2 Å². The summed E-state index contributed by atoms with van der Waals surface area (Å²) in [5.41, 5.74) is 1.37. The van der Waals surface area contributed by atoms with Crippen molar-refractivity contribution in [2.75, 3.05) is 0 Å². The molecular formula is C11H13O3. The van der Waals surface area contributed by atoms with Crippen LogP contribution < -0.4 is 0 Å². The van der Waals surface area contributed by atoms with E-state index in [0.29, 0.717) is 12.0 Å². The van der Waals surface area contributed by atoms with E-state index in [1.165, 1.54) is 0 Å². The number of hydrogen-bond donors (Lipinski definition) is 3. The zero-order valence-electron chi connectivity index (χ0n) is 8.20. The lowest BCUT2D eigenvalue weighted by atomic mass is 10.1. The predicted molar refractivity (Wildman–Crippen MR) is 53.4 cm³/mol. The molecule has 3 heteroatoms. The lowest BCUT2D eigenvalue weighted by molar-refractivity contribution is 0.390. The fourth-order valence-electron chi connectivity index (χ4n) is 1.06. The van der Waals surface area contributed by atoms with E-state index >= 15 is 0 Å². The largest absolute Gasteiger partial charge is 0.507 e. The van der Waals surface area contributed by atoms with Gasteiger partial charge in [-0.1, -0.05) is 11.6 Å². The highest BCUT2D eigenvalue weighted by atomic mass is 16.3. The van der Waals surface area contributed by atoms with Crippen LogP contribution in [0.25, 0.3) is 0 Å². The normalized spacial score (nSPS) is 9.86. The fourth-order valence-corrected chi connectivity index (χ4v) is 1.06. The van der Waals surface area contributed by atoms with Gasteiger partial charge < -0.3 is 15.3 Å². The minimum Gasteiger partial charge on any atom is -0.507 e. The molecule has 0 heterocycles. The van der Waals surface area contributed by atoms with Crippen molar-refractivity contribution in [3.63, 3.8) is 0 Å². The Labute approximate surface area is 82.9 Å². The molecule has 0 atom stereocenters. The van der Waals surface area contributed by atoms with Crippen LogP contribution in [0, 0.1) is 6.07 Å². The summed E-state index contributed by atoms with van der Waals surface area (Å²) in [6, 6.07) is 3.58. The zero-order chi connectivity index (χ0) is 10.7. The van der Waals surface area contributed by atoms with E-state index in [1.807, 2.05) is 19.9 Å². The molecule has 75 valence electrons. The number of hydrogen-bond acceptors (Lipinski definition) is 3. The summed E-state index contributed by atoms with van der Waals surface area (Å²) in [5.74, 6) is -0.670. The van der Waals surface area contributed by atoms with Crippen LogP contribution in [-0.2, 0) is 6.42 Å². The second-order valence-corrected chi connectivity index (χ2v) is 3.34. The van der Waals surface area contributed by atoms with Crippen LogP contribution >= 0.6 is 0 Å². The third-order valence-electron chi connectivity index (χ3n) is 1.87. The van der Waals surface area contributed by atoms with Crippen LogP contribution in [0.3, 0.4) is 0 Å². The lowest BCUT2D eigenvalue weighted by Crippen LogP contribution is -1.85. The molecule has 0 bridgehead atoms. The van der Waals surface area contributed by atoms with Crippen molar-refractivity contribution >= 4 is 0 Å². The molecule has 0 saturated heterocycles. The molecule has 0 spiro atoms. The Morgan fingerprint density at radius 1 is 1.36 bits per heavy atom. The first-order valence-electron chi connectivity index (χ1n) is 4.30. The van der Waals surface area contributed by atoms with E-state index in [0.717, 1.165) is 11.6 Å². The molecule has 0 aliphatic rings. The SMILES string of the molecule is CC(C)=CCc1c(O)[c]cc(O)c1O. The van der Waals surface area contributed by atoms with Crippen LogP contribution in [0.5, 0.6) is 17.2 Å². The number of phenols is 3. The number of aromatic hydroxyl groups is 3. The van der Waals surface area contributed by atoms with Crippen LogP contribution in [0.15, 0.2) is 17.7 Å². The summed E-state index contributed by atoms with van der Waals surface area (Å²) >= 11 is 0. The molecule has 1 aromatic rings. The Morgan fingerprint density at radius 3 is 2.57 bits per heavy atom. The van der Waals surface area contributed by atoms with Gasteiger partial charge in [-0.05, 0) is 26.3 Å². The third kappa shape index (κ3) is 2.19. The molecule has 1 rings (SSSR count). The van der Waals surface area contributed by atoms with Gasteiger partial charge in [0.25, 0.3) is 0 Å². The van der Waals surface area contributed by atoms with Crippen molar-refractivity contribution in [2.24, 2.45) is 0 Å². The Hall–Kier alpha value is -1.64. The number of allylic oxidation sites excluding steroid dienone is 2. The Balaban J connectivity index is 3.07. The van der Waals surface area contributed by atoms with Crippen molar-refractivity contribution in [1.29, 1.82) is 0 Å². The van der Waals surface area contributed by atoms with Crippen LogP contribution in [-0.4, -0.2) is 15.3 Å². The molecule has 1 radical (unpaired) electrons. The fraction of sp³-hybridized carbons (Fsp3) is 0.273. The van der Waals surface area contributed by atoms with E-state index < -0.39 is 0 Å². The molecule has 0 aliphatic carbocycles. The Morgan fingerprint density at radius 2 is 2.00 bits per heavy atom. The van der Waals surface area contributed by atoms with Gasteiger partial charge >= 0.3 is 0 Å². The van der Waals surface area contributed by atoms with Crippen molar-refractivity contribution in [3.05, 3.63) is 29.3 Å². The molecule has 0 amide bonds. The minimum absolute atomic E-state index is 0.127. The molecule has 0 aliphatic heterocycles. The quantitative estimate of drug-likeness (QED) is 0.383. The van der Waals surface area contributed by atoms with Gasteiger partial charge in [0.05, 0.1) is 0 Å². The highest BCUT2D eigenvalue weighted by Crippen LogP contribution is 2.35. The Bertz CT molecular complexity index is 363. The van der Waals surface area contributed by atoms with Crippen molar-refractivity contribution in [3.8, 4) is 17.2 Å². The van der Waals surface area contributed by atoms with Crippen LogP contribution in [0.4, 0.5) is 0 Å². The summed E-state index contributed by atoms with van der Waals surface area (Å²) in [5, 5.41) is 28.0. The first-order valence-corrected chi connectivity index (χ1v) is 4.30. The van der Waals surface area contributed by atoms with Gasteiger partial charge in [-0.15, -0.1) is 0 Å². The molecule has 0 fully saturated rings. The van der Waals surface area contributed by atoms with Crippen LogP contribution in [0.1, 0.15) is 19.4 Å². The molecule has 1 aromatic carbocycles. The molecular weight excluding hydrogens is 180 g/mol.